The Morgan fingerprint density at radius 3 is 2.12 bits per heavy atom. The van der Waals surface area contributed by atoms with E-state index in [1.54, 1.807) is 18.2 Å². The Bertz CT molecular complexity index is 554. The standard InChI is InChI=1S/C18H22N2O4/c19-15-5-1-3-7-17(15)23-13-11-21-9-10-22-12-14-24-18-8-4-2-6-16(18)20/h1-3,5-7H,9-14,19-20H2. The molecule has 2 rings (SSSR count). The van der Waals surface area contributed by atoms with Gasteiger partial charge in [-0.2, -0.15) is 0 Å². The highest BCUT2D eigenvalue weighted by Crippen LogP contribution is 2.19. The maximum Gasteiger partial charge on any atom is 0.193 e. The molecule has 0 atom stereocenters. The Morgan fingerprint density at radius 2 is 1.42 bits per heavy atom. The third-order valence-corrected chi connectivity index (χ3v) is 3.04. The fourth-order valence-corrected chi connectivity index (χ4v) is 1.85. The van der Waals surface area contributed by atoms with Crippen LogP contribution in [-0.2, 0) is 9.47 Å². The summed E-state index contributed by atoms with van der Waals surface area (Å²) in [5.74, 6) is 1.17. The Hall–Kier alpha value is -2.62. The number of nitrogen functional groups attached to an aromatic ring is 2. The lowest BCUT2D eigenvalue weighted by atomic mass is 10.3. The molecule has 0 spiro atoms. The van der Waals surface area contributed by atoms with Gasteiger partial charge in [0.05, 0.1) is 37.8 Å². The van der Waals surface area contributed by atoms with Crippen LogP contribution >= 0.6 is 0 Å². The summed E-state index contributed by atoms with van der Waals surface area (Å²) in [5, 5.41) is 0. The molecule has 0 aliphatic heterocycles. The molecular weight excluding hydrogens is 308 g/mol. The van der Waals surface area contributed by atoms with Crippen LogP contribution in [0.3, 0.4) is 0 Å². The first kappa shape index (κ1) is 17.7. The number of hydrogen-bond acceptors (Lipinski definition) is 6. The number of nitrogens with two attached hydrogens (primary N) is 2. The quantitative estimate of drug-likeness (QED) is 0.483. The molecule has 6 nitrogen and oxygen atoms in total. The molecule has 0 unspecified atom stereocenters. The van der Waals surface area contributed by atoms with Crippen molar-refractivity contribution >= 4 is 11.4 Å². The van der Waals surface area contributed by atoms with Crippen molar-refractivity contribution in [1.82, 2.24) is 0 Å². The van der Waals surface area contributed by atoms with E-state index in [-0.39, 0.29) is 0 Å². The minimum atomic E-state index is 0.398. The monoisotopic (exact) mass is 330 g/mol. The number of rotatable bonds is 11. The summed E-state index contributed by atoms with van der Waals surface area (Å²) < 4.78 is 21.8. The molecule has 0 saturated carbocycles. The SMILES string of the molecule is Nc1ccc#cc1OCCOCCOCCOc1ccccc1N. The van der Waals surface area contributed by atoms with Gasteiger partial charge in [-0.05, 0) is 30.3 Å². The van der Waals surface area contributed by atoms with E-state index in [1.807, 2.05) is 18.2 Å². The van der Waals surface area contributed by atoms with E-state index in [0.717, 1.165) is 0 Å². The Kier molecular flexibility index (Phi) is 7.54. The lowest BCUT2D eigenvalue weighted by Crippen LogP contribution is -2.13. The third kappa shape index (κ3) is 6.24. The molecule has 0 heterocycles. The summed E-state index contributed by atoms with van der Waals surface area (Å²) in [6.07, 6.45) is 0. The van der Waals surface area contributed by atoms with Crippen LogP contribution in [0, 0.1) is 12.1 Å². The van der Waals surface area contributed by atoms with E-state index in [2.05, 4.69) is 12.1 Å². The molecule has 0 saturated heterocycles. The molecule has 2 aromatic rings. The van der Waals surface area contributed by atoms with Crippen LogP contribution in [0.2, 0.25) is 0 Å². The average molecular weight is 330 g/mol. The Labute approximate surface area is 142 Å². The lowest BCUT2D eigenvalue weighted by molar-refractivity contribution is 0.0275. The van der Waals surface area contributed by atoms with Gasteiger partial charge in [0.1, 0.15) is 19.0 Å². The molecule has 0 radical (unpaired) electrons. The van der Waals surface area contributed by atoms with Crippen molar-refractivity contribution < 1.29 is 18.9 Å². The molecular formula is C18H22N2O4. The predicted molar refractivity (Wildman–Crippen MR) is 92.0 cm³/mol. The summed E-state index contributed by atoms with van der Waals surface area (Å²) in [4.78, 5) is 0. The van der Waals surface area contributed by atoms with Gasteiger partial charge in [0.15, 0.2) is 5.75 Å². The van der Waals surface area contributed by atoms with E-state index in [9.17, 15) is 0 Å². The fourth-order valence-electron chi connectivity index (χ4n) is 1.85. The molecule has 24 heavy (non-hydrogen) atoms. The molecule has 0 amide bonds. The smallest absolute Gasteiger partial charge is 0.193 e. The van der Waals surface area contributed by atoms with Crippen molar-refractivity contribution in [2.24, 2.45) is 0 Å². The van der Waals surface area contributed by atoms with Gasteiger partial charge in [-0.1, -0.05) is 18.2 Å². The summed E-state index contributed by atoms with van der Waals surface area (Å²) in [7, 11) is 0. The van der Waals surface area contributed by atoms with Crippen LogP contribution in [0.1, 0.15) is 0 Å². The van der Waals surface area contributed by atoms with Gasteiger partial charge in [-0.25, -0.2) is 0 Å². The summed E-state index contributed by atoms with van der Waals surface area (Å²) in [5.41, 5.74) is 12.7. The molecule has 6 heteroatoms. The van der Waals surface area contributed by atoms with Gasteiger partial charge in [0, 0.05) is 0 Å². The minimum Gasteiger partial charge on any atom is -0.489 e. The van der Waals surface area contributed by atoms with Gasteiger partial charge >= 0.3 is 0 Å². The van der Waals surface area contributed by atoms with E-state index in [1.165, 1.54) is 0 Å². The first-order chi connectivity index (χ1) is 11.8. The molecule has 128 valence electrons. The maximum absolute atomic E-state index is 5.77. The van der Waals surface area contributed by atoms with Crippen molar-refractivity contribution in [3.63, 3.8) is 0 Å². The third-order valence-electron chi connectivity index (χ3n) is 3.04. The summed E-state index contributed by atoms with van der Waals surface area (Å²) >= 11 is 0. The van der Waals surface area contributed by atoms with Crippen molar-refractivity contribution in [2.75, 3.05) is 51.1 Å². The molecule has 0 aromatic heterocycles. The number of benzene rings is 1. The van der Waals surface area contributed by atoms with Crippen molar-refractivity contribution in [3.05, 3.63) is 48.5 Å². The van der Waals surface area contributed by atoms with Gasteiger partial charge in [0.2, 0.25) is 0 Å². The van der Waals surface area contributed by atoms with Gasteiger partial charge in [-0.3, -0.25) is 0 Å². The number of para-hydroxylation sites is 2. The van der Waals surface area contributed by atoms with Gasteiger partial charge < -0.3 is 30.4 Å². The fraction of sp³-hybridized carbons (Fsp3) is 0.333. The van der Waals surface area contributed by atoms with Gasteiger partial charge in [-0.15, -0.1) is 0 Å². The maximum atomic E-state index is 5.77. The largest absolute Gasteiger partial charge is 0.489 e. The predicted octanol–water partition coefficient (Wildman–Crippen LogP) is 1.94. The zero-order valence-electron chi connectivity index (χ0n) is 13.5. The zero-order valence-corrected chi connectivity index (χ0v) is 13.5. The van der Waals surface area contributed by atoms with Gasteiger partial charge in [0.25, 0.3) is 0 Å². The van der Waals surface area contributed by atoms with E-state index in [0.29, 0.717) is 62.5 Å². The first-order valence-electron chi connectivity index (χ1n) is 7.71. The number of anilines is 2. The van der Waals surface area contributed by atoms with Crippen LogP contribution in [0.5, 0.6) is 11.5 Å². The van der Waals surface area contributed by atoms with E-state index in [4.69, 9.17) is 30.4 Å². The number of ether oxygens (including phenoxy) is 4. The van der Waals surface area contributed by atoms with Crippen LogP contribution in [0.4, 0.5) is 11.4 Å². The van der Waals surface area contributed by atoms with E-state index >= 15 is 0 Å². The van der Waals surface area contributed by atoms with Crippen molar-refractivity contribution in [3.8, 4) is 11.5 Å². The molecule has 2 aromatic carbocycles. The topological polar surface area (TPSA) is 89.0 Å². The van der Waals surface area contributed by atoms with Crippen LogP contribution < -0.4 is 20.9 Å². The average Bonchev–Trinajstić information content (AvgIpc) is 2.59. The Morgan fingerprint density at radius 1 is 0.750 bits per heavy atom. The highest BCUT2D eigenvalue weighted by atomic mass is 16.6. The summed E-state index contributed by atoms with van der Waals surface area (Å²) in [6, 6.07) is 16.4. The molecule has 0 aliphatic carbocycles. The lowest BCUT2D eigenvalue weighted by Gasteiger charge is -2.09. The van der Waals surface area contributed by atoms with Crippen LogP contribution in [-0.4, -0.2) is 39.6 Å². The van der Waals surface area contributed by atoms with Crippen LogP contribution in [0.25, 0.3) is 0 Å². The molecule has 0 fully saturated rings. The number of hydrogen-bond donors (Lipinski definition) is 2. The molecule has 0 aliphatic rings. The zero-order chi connectivity index (χ0) is 17.0. The normalized spacial score (nSPS) is 10.2. The second kappa shape index (κ2) is 10.2. The second-order valence-electron chi connectivity index (χ2n) is 4.85. The first-order valence-corrected chi connectivity index (χ1v) is 7.71. The van der Waals surface area contributed by atoms with Crippen LogP contribution in [0.15, 0.2) is 36.4 Å². The van der Waals surface area contributed by atoms with Crippen molar-refractivity contribution in [2.45, 2.75) is 0 Å². The second-order valence-corrected chi connectivity index (χ2v) is 4.85. The van der Waals surface area contributed by atoms with E-state index < -0.39 is 0 Å². The van der Waals surface area contributed by atoms with Crippen molar-refractivity contribution in [1.29, 1.82) is 0 Å². The minimum absolute atomic E-state index is 0.398. The molecule has 4 N–H and O–H groups in total. The Balaban J connectivity index is 1.43. The summed E-state index contributed by atoms with van der Waals surface area (Å²) in [6.45, 7) is 2.73. The molecule has 0 bridgehead atoms. The highest BCUT2D eigenvalue weighted by molar-refractivity contribution is 5.51. The highest BCUT2D eigenvalue weighted by Gasteiger charge is 1.99.